The van der Waals surface area contributed by atoms with Crippen LogP contribution in [0.3, 0.4) is 0 Å². The van der Waals surface area contributed by atoms with E-state index in [0.29, 0.717) is 11.3 Å². The number of nitrogens with zero attached hydrogens (tertiary/aromatic N) is 4. The van der Waals surface area contributed by atoms with Crippen LogP contribution in [0.2, 0.25) is 0 Å². The second-order valence-electron chi connectivity index (χ2n) is 5.11. The predicted molar refractivity (Wildman–Crippen MR) is 72.8 cm³/mol. The highest BCUT2D eigenvalue weighted by Crippen LogP contribution is 2.28. The molecule has 1 aliphatic heterocycles. The second kappa shape index (κ2) is 4.72. The zero-order valence-electron chi connectivity index (χ0n) is 11.3. The first-order valence-corrected chi connectivity index (χ1v) is 6.71. The molecule has 0 spiro atoms. The summed E-state index contributed by atoms with van der Waals surface area (Å²) in [7, 11) is 0. The molecule has 0 amide bonds. The van der Waals surface area contributed by atoms with Gasteiger partial charge >= 0.3 is 6.08 Å². The molecule has 0 radical (unpaired) electrons. The maximum atomic E-state index is 13.6. The van der Waals surface area contributed by atoms with E-state index in [2.05, 4.69) is 19.9 Å². The number of anilines is 1. The van der Waals surface area contributed by atoms with Crippen LogP contribution in [0.1, 0.15) is 30.7 Å². The zero-order chi connectivity index (χ0) is 13.4. The zero-order valence-corrected chi connectivity index (χ0v) is 11.3. The molecule has 3 heterocycles. The van der Waals surface area contributed by atoms with Crippen molar-refractivity contribution in [2.75, 3.05) is 18.0 Å². The predicted octanol–water partition coefficient (Wildman–Crippen LogP) is 2.77. The summed E-state index contributed by atoms with van der Waals surface area (Å²) in [5.74, 6) is 0.701. The van der Waals surface area contributed by atoms with Crippen LogP contribution in [-0.4, -0.2) is 28.0 Å². The van der Waals surface area contributed by atoms with Crippen LogP contribution in [-0.2, 0) is 0 Å². The van der Waals surface area contributed by atoms with Gasteiger partial charge in [0.25, 0.3) is 0 Å². The van der Waals surface area contributed by atoms with Gasteiger partial charge in [-0.15, -0.1) is 0 Å². The maximum Gasteiger partial charge on any atom is 0.311 e. The van der Waals surface area contributed by atoms with Crippen LogP contribution in [0.5, 0.6) is 0 Å². The van der Waals surface area contributed by atoms with Gasteiger partial charge in [0.15, 0.2) is 0 Å². The van der Waals surface area contributed by atoms with Gasteiger partial charge in [0.2, 0.25) is 0 Å². The smallest absolute Gasteiger partial charge is 0.311 e. The van der Waals surface area contributed by atoms with Gasteiger partial charge in [0.1, 0.15) is 5.82 Å². The molecule has 1 saturated heterocycles. The number of halogens is 1. The molecule has 2 aromatic rings. The van der Waals surface area contributed by atoms with Gasteiger partial charge in [-0.05, 0) is 39.2 Å². The van der Waals surface area contributed by atoms with Gasteiger partial charge in [0, 0.05) is 18.8 Å². The maximum absolute atomic E-state index is 13.6. The molecule has 0 unspecified atom stereocenters. The Morgan fingerprint density at radius 2 is 1.79 bits per heavy atom. The summed E-state index contributed by atoms with van der Waals surface area (Å²) in [5, 5.41) is 0.883. The Kier molecular flexibility index (Phi) is 3.05. The Labute approximate surface area is 111 Å². The third kappa shape index (κ3) is 2.25. The number of pyridine rings is 1. The molecular weight excluding hydrogens is 243 g/mol. The van der Waals surface area contributed by atoms with Gasteiger partial charge in [-0.25, -0.2) is 4.98 Å². The number of rotatable bonds is 1. The van der Waals surface area contributed by atoms with E-state index >= 15 is 0 Å². The number of hydrogen-bond acceptors (Lipinski definition) is 4. The lowest BCUT2D eigenvalue weighted by molar-refractivity contribution is 0.531. The molecule has 0 aliphatic carbocycles. The van der Waals surface area contributed by atoms with Crippen molar-refractivity contribution >= 4 is 16.7 Å². The first-order chi connectivity index (χ1) is 9.15. The highest BCUT2D eigenvalue weighted by Gasteiger charge is 2.19. The normalized spacial score (nSPS) is 16.1. The van der Waals surface area contributed by atoms with E-state index in [-0.39, 0.29) is 0 Å². The molecule has 0 bridgehead atoms. The van der Waals surface area contributed by atoms with E-state index in [1.807, 2.05) is 19.9 Å². The molecular formula is C14H17FN4. The fourth-order valence-electron chi connectivity index (χ4n) is 2.77. The van der Waals surface area contributed by atoms with Gasteiger partial charge in [-0.3, -0.25) is 4.98 Å². The second-order valence-corrected chi connectivity index (χ2v) is 5.11. The van der Waals surface area contributed by atoms with Gasteiger partial charge in [-0.2, -0.15) is 9.37 Å². The topological polar surface area (TPSA) is 41.9 Å². The Bertz CT molecular complexity index is 615. The highest BCUT2D eigenvalue weighted by atomic mass is 19.1. The number of hydrogen-bond donors (Lipinski definition) is 0. The summed E-state index contributed by atoms with van der Waals surface area (Å²) in [6.07, 6.45) is 2.84. The summed E-state index contributed by atoms with van der Waals surface area (Å²) in [4.78, 5) is 14.5. The Morgan fingerprint density at radius 3 is 2.53 bits per heavy atom. The number of piperidine rings is 1. The Hall–Kier alpha value is -1.78. The summed E-state index contributed by atoms with van der Waals surface area (Å²) < 4.78 is 13.6. The van der Waals surface area contributed by atoms with Crippen molar-refractivity contribution in [3.63, 3.8) is 0 Å². The average molecular weight is 260 g/mol. The molecule has 19 heavy (non-hydrogen) atoms. The lowest BCUT2D eigenvalue weighted by atomic mass is 10.1. The monoisotopic (exact) mass is 260 g/mol. The SMILES string of the molecule is Cc1cc2nc(F)nc(N3CCCCC3)c2c(C)n1. The van der Waals surface area contributed by atoms with Crippen LogP contribution in [0.15, 0.2) is 6.07 Å². The quantitative estimate of drug-likeness (QED) is 0.739. The lowest BCUT2D eigenvalue weighted by Crippen LogP contribution is -2.30. The lowest BCUT2D eigenvalue weighted by Gasteiger charge is -2.28. The molecule has 2 aromatic heterocycles. The molecule has 0 aromatic carbocycles. The van der Waals surface area contributed by atoms with E-state index in [9.17, 15) is 4.39 Å². The molecule has 1 fully saturated rings. The van der Waals surface area contributed by atoms with E-state index in [0.717, 1.165) is 42.7 Å². The van der Waals surface area contributed by atoms with Crippen LogP contribution in [0.25, 0.3) is 10.9 Å². The van der Waals surface area contributed by atoms with Crippen LogP contribution < -0.4 is 4.90 Å². The number of fused-ring (bicyclic) bond motifs is 1. The summed E-state index contributed by atoms with van der Waals surface area (Å²) >= 11 is 0. The van der Waals surface area contributed by atoms with Crippen molar-refractivity contribution in [1.82, 2.24) is 15.0 Å². The fraction of sp³-hybridized carbons (Fsp3) is 0.500. The van der Waals surface area contributed by atoms with Crippen molar-refractivity contribution in [3.8, 4) is 0 Å². The van der Waals surface area contributed by atoms with Crippen LogP contribution >= 0.6 is 0 Å². The molecule has 4 nitrogen and oxygen atoms in total. The molecule has 1 aliphatic rings. The molecule has 5 heteroatoms. The van der Waals surface area contributed by atoms with Gasteiger partial charge < -0.3 is 4.90 Å². The first-order valence-electron chi connectivity index (χ1n) is 6.71. The van der Waals surface area contributed by atoms with Crippen molar-refractivity contribution in [3.05, 3.63) is 23.5 Å². The minimum atomic E-state index is -0.655. The minimum absolute atomic E-state index is 0.651. The summed E-state index contributed by atoms with van der Waals surface area (Å²) in [5.41, 5.74) is 2.38. The first kappa shape index (κ1) is 12.3. The largest absolute Gasteiger partial charge is 0.356 e. The molecule has 3 rings (SSSR count). The third-order valence-corrected chi connectivity index (χ3v) is 3.60. The van der Waals surface area contributed by atoms with Crippen molar-refractivity contribution in [1.29, 1.82) is 0 Å². The number of aryl methyl sites for hydroxylation is 2. The van der Waals surface area contributed by atoms with Crippen molar-refractivity contribution in [2.45, 2.75) is 33.1 Å². The number of aromatic nitrogens is 3. The Balaban J connectivity index is 2.22. The van der Waals surface area contributed by atoms with Gasteiger partial charge in [0.05, 0.1) is 16.6 Å². The molecule has 100 valence electrons. The molecule has 0 saturated carbocycles. The average Bonchev–Trinajstić information content (AvgIpc) is 2.38. The van der Waals surface area contributed by atoms with Crippen LogP contribution in [0, 0.1) is 19.9 Å². The third-order valence-electron chi connectivity index (χ3n) is 3.60. The highest BCUT2D eigenvalue weighted by molar-refractivity contribution is 5.91. The van der Waals surface area contributed by atoms with Crippen molar-refractivity contribution < 1.29 is 4.39 Å². The van der Waals surface area contributed by atoms with Crippen LogP contribution in [0.4, 0.5) is 10.2 Å². The van der Waals surface area contributed by atoms with E-state index < -0.39 is 6.08 Å². The molecule has 0 N–H and O–H groups in total. The standard InChI is InChI=1S/C14H17FN4/c1-9-8-11-12(10(2)16-9)13(18-14(15)17-11)19-6-4-3-5-7-19/h8H,3-7H2,1-2H3. The minimum Gasteiger partial charge on any atom is -0.356 e. The Morgan fingerprint density at radius 1 is 1.05 bits per heavy atom. The van der Waals surface area contributed by atoms with Crippen molar-refractivity contribution in [2.24, 2.45) is 0 Å². The fourth-order valence-corrected chi connectivity index (χ4v) is 2.77. The summed E-state index contributed by atoms with van der Waals surface area (Å²) in [6, 6.07) is 1.82. The van der Waals surface area contributed by atoms with Gasteiger partial charge in [-0.1, -0.05) is 0 Å². The summed E-state index contributed by atoms with van der Waals surface area (Å²) in [6.45, 7) is 5.69. The van der Waals surface area contributed by atoms with E-state index in [4.69, 9.17) is 0 Å². The van der Waals surface area contributed by atoms with E-state index in [1.165, 1.54) is 6.42 Å². The molecule has 0 atom stereocenters. The van der Waals surface area contributed by atoms with E-state index in [1.54, 1.807) is 0 Å².